The Labute approximate surface area is 111 Å². The highest BCUT2D eigenvalue weighted by Gasteiger charge is 2.03. The molecule has 2 rings (SSSR count). The highest BCUT2D eigenvalue weighted by atomic mass is 35.7. The zero-order valence-corrected chi connectivity index (χ0v) is 10.9. The molecule has 0 aromatic heterocycles. The summed E-state index contributed by atoms with van der Waals surface area (Å²) in [6.45, 7) is 0. The van der Waals surface area contributed by atoms with Gasteiger partial charge in [-0.05, 0) is 24.3 Å². The lowest BCUT2D eigenvalue weighted by molar-refractivity contribution is -2.00. The first-order valence-corrected chi connectivity index (χ1v) is 7.01. The summed E-state index contributed by atoms with van der Waals surface area (Å²) in [6.07, 6.45) is 0. The first kappa shape index (κ1) is 15.0. The molecular weight excluding hydrogens is 276 g/mol. The zero-order chi connectivity index (χ0) is 13.4. The number of hydrogen-bond acceptors (Lipinski definition) is 4. The Kier molecular flexibility index (Phi) is 6.14. The van der Waals surface area contributed by atoms with Crippen molar-refractivity contribution in [1.82, 2.24) is 0 Å². The van der Waals surface area contributed by atoms with Gasteiger partial charge in [0, 0.05) is 11.8 Å². The third-order valence-corrected chi connectivity index (χ3v) is 2.88. The molecule has 0 saturated carbocycles. The van der Waals surface area contributed by atoms with Gasteiger partial charge in [0.2, 0.25) is 0 Å². The van der Waals surface area contributed by atoms with Crippen LogP contribution in [0.15, 0.2) is 70.5 Å². The van der Waals surface area contributed by atoms with E-state index in [1.54, 1.807) is 0 Å². The van der Waals surface area contributed by atoms with Crippen LogP contribution in [0.25, 0.3) is 0 Å². The fourth-order valence-electron chi connectivity index (χ4n) is 1.15. The summed E-state index contributed by atoms with van der Waals surface area (Å²) in [7, 11) is -4.94. The van der Waals surface area contributed by atoms with Crippen molar-refractivity contribution in [2.75, 3.05) is 0 Å². The summed E-state index contributed by atoms with van der Waals surface area (Å²) in [5.74, 6) is 0. The second-order valence-electron chi connectivity index (χ2n) is 3.16. The van der Waals surface area contributed by atoms with Gasteiger partial charge in [0.05, 0.1) is 0 Å². The van der Waals surface area contributed by atoms with Crippen molar-refractivity contribution in [3.8, 4) is 0 Å². The van der Waals surface area contributed by atoms with Gasteiger partial charge in [-0.3, -0.25) is 0 Å². The summed E-state index contributed by atoms with van der Waals surface area (Å²) in [5.41, 5.74) is 0. The highest BCUT2D eigenvalue weighted by molar-refractivity contribution is 7.78. The molecule has 0 amide bonds. The molecule has 0 atom stereocenters. The van der Waals surface area contributed by atoms with Crippen LogP contribution in [0, 0.1) is 10.2 Å². The number of benzene rings is 2. The average Bonchev–Trinajstić information content (AvgIpc) is 2.29. The van der Waals surface area contributed by atoms with E-state index in [1.807, 2.05) is 12.1 Å². The molecule has 6 heteroatoms. The van der Waals surface area contributed by atoms with Crippen molar-refractivity contribution < 1.29 is 28.9 Å². The molecule has 0 aliphatic carbocycles. The van der Waals surface area contributed by atoms with E-state index in [1.165, 1.54) is 21.6 Å². The maximum absolute atomic E-state index is 8.49. The van der Waals surface area contributed by atoms with Gasteiger partial charge in [-0.1, -0.05) is 36.4 Å². The van der Waals surface area contributed by atoms with E-state index in [9.17, 15) is 0 Å². The molecule has 0 aliphatic rings. The first-order chi connectivity index (χ1) is 8.45. The maximum atomic E-state index is 8.49. The normalized spacial score (nSPS) is 10.4. The minimum absolute atomic E-state index is 1.28. The summed E-state index contributed by atoms with van der Waals surface area (Å²) in [5, 5.41) is 0. The Morgan fingerprint density at radius 2 is 0.889 bits per heavy atom. The minimum atomic E-state index is -4.94. The topological polar surface area (TPSA) is 92.2 Å². The molecule has 0 unspecified atom stereocenters. The molecule has 18 heavy (non-hydrogen) atoms. The number of rotatable bonds is 2. The van der Waals surface area contributed by atoms with Crippen molar-refractivity contribution in [3.63, 3.8) is 0 Å². The molecule has 0 radical (unpaired) electrons. The molecule has 0 aliphatic heterocycles. The molecule has 0 spiro atoms. The minimum Gasteiger partial charge on any atom is -0.222 e. The summed E-state index contributed by atoms with van der Waals surface area (Å²) >= 11 is 1.28. The molecule has 0 heterocycles. The standard InChI is InChI=1S/C12H10S.ClHO4/c1-3-7-11(8-4-1)13-12-9-5-2-6-10-12;2-1(3,4)5/h1-10H;(H,2,3,4,5). The molecule has 2 aromatic rings. The largest absolute Gasteiger partial charge is 0.222 e. The molecule has 96 valence electrons. The first-order valence-electron chi connectivity index (χ1n) is 4.89. The lowest BCUT2D eigenvalue weighted by atomic mass is 10.4. The van der Waals surface area contributed by atoms with E-state index in [0.717, 1.165) is 0 Å². The zero-order valence-electron chi connectivity index (χ0n) is 9.23. The van der Waals surface area contributed by atoms with E-state index < -0.39 is 10.2 Å². The van der Waals surface area contributed by atoms with Crippen molar-refractivity contribution in [2.24, 2.45) is 0 Å². The van der Waals surface area contributed by atoms with Crippen LogP contribution in [0.1, 0.15) is 0 Å². The van der Waals surface area contributed by atoms with Gasteiger partial charge in [0.1, 0.15) is 0 Å². The predicted molar refractivity (Wildman–Crippen MR) is 58.2 cm³/mol. The van der Waals surface area contributed by atoms with Crippen molar-refractivity contribution >= 4 is 11.8 Å². The number of hydrogen-bond donors (Lipinski definition) is 0. The van der Waals surface area contributed by atoms with Crippen LogP contribution in [-0.2, 0) is 11.8 Å². The SMILES string of the molecule is [O-][Cl+3]([O-])([O-])[O-].c1ccc([SH+]c2ccccc2)cc1. The van der Waals surface area contributed by atoms with Gasteiger partial charge in [-0.25, -0.2) is 18.6 Å². The summed E-state index contributed by atoms with van der Waals surface area (Å²) in [6, 6.07) is 21.0. The lowest BCUT2D eigenvalue weighted by Crippen LogP contribution is -2.68. The van der Waals surface area contributed by atoms with Crippen molar-refractivity contribution in [1.29, 1.82) is 0 Å². The van der Waals surface area contributed by atoms with Crippen molar-refractivity contribution in [3.05, 3.63) is 60.7 Å². The van der Waals surface area contributed by atoms with E-state index in [4.69, 9.17) is 18.6 Å². The quantitative estimate of drug-likeness (QED) is 0.479. The molecular formula is C12H11ClO4S. The van der Waals surface area contributed by atoms with Crippen LogP contribution in [0.4, 0.5) is 0 Å². The van der Waals surface area contributed by atoms with Crippen LogP contribution < -0.4 is 18.6 Å². The van der Waals surface area contributed by atoms with E-state index in [-0.39, 0.29) is 0 Å². The van der Waals surface area contributed by atoms with Gasteiger partial charge in [-0.2, -0.15) is 0 Å². The Morgan fingerprint density at radius 3 is 1.17 bits per heavy atom. The van der Waals surface area contributed by atoms with Gasteiger partial charge in [-0.15, -0.1) is 10.2 Å². The second-order valence-corrected chi connectivity index (χ2v) is 5.17. The molecule has 4 nitrogen and oxygen atoms in total. The monoisotopic (exact) mass is 286 g/mol. The Hall–Kier alpha value is -1.08. The summed E-state index contributed by atoms with van der Waals surface area (Å²) < 4.78 is 34.0. The van der Waals surface area contributed by atoms with Crippen LogP contribution in [0.2, 0.25) is 0 Å². The smallest absolute Gasteiger partial charge is 0.158 e. The van der Waals surface area contributed by atoms with Gasteiger partial charge in [0.25, 0.3) is 0 Å². The number of thiol groups is 1. The van der Waals surface area contributed by atoms with E-state index in [2.05, 4.69) is 48.5 Å². The third kappa shape index (κ3) is 8.08. The molecule has 0 saturated heterocycles. The average molecular weight is 287 g/mol. The van der Waals surface area contributed by atoms with E-state index >= 15 is 0 Å². The second kappa shape index (κ2) is 7.38. The van der Waals surface area contributed by atoms with Crippen LogP contribution in [-0.4, -0.2) is 0 Å². The Balaban J connectivity index is 0.000000280. The third-order valence-electron chi connectivity index (χ3n) is 1.77. The Morgan fingerprint density at radius 1 is 0.611 bits per heavy atom. The highest BCUT2D eigenvalue weighted by Crippen LogP contribution is 2.10. The molecule has 0 N–H and O–H groups in total. The van der Waals surface area contributed by atoms with Crippen LogP contribution >= 0.6 is 0 Å². The molecule has 0 fully saturated rings. The summed E-state index contributed by atoms with van der Waals surface area (Å²) in [4.78, 5) is 2.68. The van der Waals surface area contributed by atoms with Gasteiger partial charge in [0.15, 0.2) is 9.79 Å². The van der Waals surface area contributed by atoms with Gasteiger partial charge >= 0.3 is 0 Å². The fourth-order valence-corrected chi connectivity index (χ4v) is 2.09. The molecule has 0 bridgehead atoms. The lowest BCUT2D eigenvalue weighted by Gasteiger charge is -2.17. The fraction of sp³-hybridized carbons (Fsp3) is 0. The van der Waals surface area contributed by atoms with Crippen LogP contribution in [0.3, 0.4) is 0 Å². The maximum Gasteiger partial charge on any atom is 0.158 e. The van der Waals surface area contributed by atoms with Gasteiger partial charge < -0.3 is 0 Å². The van der Waals surface area contributed by atoms with Crippen LogP contribution in [0.5, 0.6) is 0 Å². The molecule has 2 aromatic carbocycles. The van der Waals surface area contributed by atoms with Crippen molar-refractivity contribution in [2.45, 2.75) is 9.79 Å². The predicted octanol–water partition coefficient (Wildman–Crippen LogP) is -1.84. The Bertz CT molecular complexity index is 401. The van der Waals surface area contributed by atoms with E-state index in [0.29, 0.717) is 0 Å². The number of halogens is 1.